The molecule has 1 aromatic carbocycles. The zero-order valence-electron chi connectivity index (χ0n) is 11.4. The summed E-state index contributed by atoms with van der Waals surface area (Å²) in [5, 5.41) is 10.3. The maximum atomic E-state index is 11.9. The molecule has 4 nitrogen and oxygen atoms in total. The topological polar surface area (TPSA) is 49.8 Å². The summed E-state index contributed by atoms with van der Waals surface area (Å²) < 4.78 is 5.30. The lowest BCUT2D eigenvalue weighted by molar-refractivity contribution is -0.140. The number of benzene rings is 1. The standard InChI is InChI=1S/C16H17NO3/c1-9-15-14(16(19)20-9)13(18)8-12-11-5-3-2-4-10(11)6-7-17(12)15/h2-5,9,12-13,18H,6-8H2,1H3/t9-,12-,13-/m1/s1. The van der Waals surface area contributed by atoms with E-state index in [1.54, 1.807) is 0 Å². The van der Waals surface area contributed by atoms with Crippen LogP contribution in [-0.2, 0) is 16.0 Å². The number of fused-ring (bicyclic) bond motifs is 4. The second-order valence-electron chi connectivity index (χ2n) is 5.76. The van der Waals surface area contributed by atoms with Crippen molar-refractivity contribution in [1.29, 1.82) is 0 Å². The molecule has 3 aliphatic rings. The molecule has 1 aromatic rings. The molecule has 0 unspecified atom stereocenters. The van der Waals surface area contributed by atoms with E-state index in [1.165, 1.54) is 11.1 Å². The van der Waals surface area contributed by atoms with E-state index in [1.807, 2.05) is 13.0 Å². The van der Waals surface area contributed by atoms with Crippen LogP contribution < -0.4 is 0 Å². The monoisotopic (exact) mass is 271 g/mol. The van der Waals surface area contributed by atoms with Crippen LogP contribution in [0.2, 0.25) is 0 Å². The first-order valence-electron chi connectivity index (χ1n) is 7.14. The Morgan fingerprint density at radius 3 is 3.00 bits per heavy atom. The van der Waals surface area contributed by atoms with Gasteiger partial charge in [-0.05, 0) is 24.5 Å². The summed E-state index contributed by atoms with van der Waals surface area (Å²) in [7, 11) is 0. The number of cyclic esters (lactones) is 1. The third-order valence-electron chi connectivity index (χ3n) is 4.67. The van der Waals surface area contributed by atoms with Crippen molar-refractivity contribution in [3.63, 3.8) is 0 Å². The van der Waals surface area contributed by atoms with E-state index in [2.05, 4.69) is 23.1 Å². The lowest BCUT2D eigenvalue weighted by Crippen LogP contribution is -2.43. The minimum Gasteiger partial charge on any atom is -0.453 e. The van der Waals surface area contributed by atoms with Crippen LogP contribution in [0, 0.1) is 0 Å². The smallest absolute Gasteiger partial charge is 0.339 e. The number of esters is 1. The Balaban J connectivity index is 1.84. The van der Waals surface area contributed by atoms with Crippen molar-refractivity contribution in [2.24, 2.45) is 0 Å². The van der Waals surface area contributed by atoms with Crippen molar-refractivity contribution in [2.75, 3.05) is 6.54 Å². The van der Waals surface area contributed by atoms with Crippen molar-refractivity contribution >= 4 is 5.97 Å². The molecule has 0 saturated carbocycles. The predicted molar refractivity (Wildman–Crippen MR) is 72.8 cm³/mol. The molecule has 3 heterocycles. The molecule has 0 amide bonds. The van der Waals surface area contributed by atoms with E-state index in [0.717, 1.165) is 18.7 Å². The number of carbonyl (C=O) groups excluding carboxylic acids is 1. The number of hydrogen-bond donors (Lipinski definition) is 1. The Morgan fingerprint density at radius 2 is 2.15 bits per heavy atom. The quantitative estimate of drug-likeness (QED) is 0.727. The van der Waals surface area contributed by atoms with Crippen molar-refractivity contribution in [3.05, 3.63) is 46.7 Å². The van der Waals surface area contributed by atoms with Gasteiger partial charge in [0.25, 0.3) is 0 Å². The fraction of sp³-hybridized carbons (Fsp3) is 0.438. The molecular weight excluding hydrogens is 254 g/mol. The zero-order valence-corrected chi connectivity index (χ0v) is 11.4. The first-order valence-corrected chi connectivity index (χ1v) is 7.14. The molecule has 0 spiro atoms. The maximum Gasteiger partial charge on any atom is 0.339 e. The molecule has 0 aromatic heterocycles. The highest BCUT2D eigenvalue weighted by Gasteiger charge is 2.46. The van der Waals surface area contributed by atoms with Gasteiger partial charge >= 0.3 is 5.97 Å². The zero-order chi connectivity index (χ0) is 13.9. The number of aliphatic hydroxyl groups is 1. The van der Waals surface area contributed by atoms with Gasteiger partial charge in [0.15, 0.2) is 0 Å². The minimum atomic E-state index is -0.713. The van der Waals surface area contributed by atoms with E-state index in [4.69, 9.17) is 4.74 Å². The van der Waals surface area contributed by atoms with Crippen molar-refractivity contribution in [3.8, 4) is 0 Å². The maximum absolute atomic E-state index is 11.9. The molecule has 3 atom stereocenters. The SMILES string of the molecule is C[C@H]1OC(=O)C2=C1N1CCc3ccccc3[C@H]1C[C@H]2O. The molecule has 0 saturated heterocycles. The molecule has 4 heteroatoms. The fourth-order valence-electron chi connectivity index (χ4n) is 3.82. The highest BCUT2D eigenvalue weighted by molar-refractivity contribution is 5.93. The summed E-state index contributed by atoms with van der Waals surface area (Å²) in [5.41, 5.74) is 4.00. The van der Waals surface area contributed by atoms with Crippen molar-refractivity contribution < 1.29 is 14.6 Å². The van der Waals surface area contributed by atoms with Crippen LogP contribution in [0.25, 0.3) is 0 Å². The van der Waals surface area contributed by atoms with Gasteiger partial charge < -0.3 is 14.7 Å². The fourth-order valence-corrected chi connectivity index (χ4v) is 3.82. The molecule has 104 valence electrons. The number of carbonyl (C=O) groups is 1. The Bertz CT molecular complexity index is 622. The van der Waals surface area contributed by atoms with Crippen LogP contribution in [0.1, 0.15) is 30.5 Å². The number of aliphatic hydroxyl groups excluding tert-OH is 1. The van der Waals surface area contributed by atoms with E-state index < -0.39 is 6.10 Å². The van der Waals surface area contributed by atoms with Gasteiger partial charge in [0.05, 0.1) is 23.4 Å². The first-order chi connectivity index (χ1) is 9.66. The van der Waals surface area contributed by atoms with Crippen molar-refractivity contribution in [1.82, 2.24) is 4.90 Å². The average Bonchev–Trinajstić information content (AvgIpc) is 2.75. The Hall–Kier alpha value is -1.81. The van der Waals surface area contributed by atoms with Crippen molar-refractivity contribution in [2.45, 2.75) is 38.0 Å². The van der Waals surface area contributed by atoms with Gasteiger partial charge in [-0.1, -0.05) is 24.3 Å². The molecular formula is C16H17NO3. The number of hydrogen-bond acceptors (Lipinski definition) is 4. The Morgan fingerprint density at radius 1 is 1.35 bits per heavy atom. The van der Waals surface area contributed by atoms with Crippen LogP contribution >= 0.6 is 0 Å². The molecule has 20 heavy (non-hydrogen) atoms. The van der Waals surface area contributed by atoms with Crippen LogP contribution in [0.4, 0.5) is 0 Å². The third-order valence-corrected chi connectivity index (χ3v) is 4.67. The van der Waals surface area contributed by atoms with E-state index in [0.29, 0.717) is 12.0 Å². The first kappa shape index (κ1) is 12.0. The molecule has 3 aliphatic heterocycles. The van der Waals surface area contributed by atoms with Gasteiger partial charge in [0.2, 0.25) is 0 Å². The second kappa shape index (κ2) is 4.09. The van der Waals surface area contributed by atoms with Crippen LogP contribution in [0.5, 0.6) is 0 Å². The van der Waals surface area contributed by atoms with Gasteiger partial charge in [0, 0.05) is 13.0 Å². The summed E-state index contributed by atoms with van der Waals surface area (Å²) in [6.07, 6.45) is 0.577. The van der Waals surface area contributed by atoms with Gasteiger partial charge in [0.1, 0.15) is 6.10 Å². The molecule has 0 fully saturated rings. The van der Waals surface area contributed by atoms with Crippen LogP contribution in [0.15, 0.2) is 35.5 Å². The van der Waals surface area contributed by atoms with Crippen LogP contribution in [0.3, 0.4) is 0 Å². The van der Waals surface area contributed by atoms with E-state index >= 15 is 0 Å². The molecule has 0 radical (unpaired) electrons. The predicted octanol–water partition coefficient (Wildman–Crippen LogP) is 1.55. The normalized spacial score (nSPS) is 31.6. The summed E-state index contributed by atoms with van der Waals surface area (Å²) >= 11 is 0. The molecule has 4 rings (SSSR count). The molecule has 1 N–H and O–H groups in total. The average molecular weight is 271 g/mol. The van der Waals surface area contributed by atoms with Crippen LogP contribution in [-0.4, -0.2) is 34.7 Å². The van der Waals surface area contributed by atoms with Gasteiger partial charge in [-0.25, -0.2) is 4.79 Å². The second-order valence-corrected chi connectivity index (χ2v) is 5.76. The Kier molecular flexibility index (Phi) is 2.45. The summed E-state index contributed by atoms with van der Waals surface area (Å²) in [6.45, 7) is 2.77. The summed E-state index contributed by atoms with van der Waals surface area (Å²) in [5.74, 6) is -0.350. The highest BCUT2D eigenvalue weighted by atomic mass is 16.5. The number of nitrogens with zero attached hydrogens (tertiary/aromatic N) is 1. The van der Waals surface area contributed by atoms with Gasteiger partial charge in [-0.15, -0.1) is 0 Å². The van der Waals surface area contributed by atoms with Gasteiger partial charge in [-0.3, -0.25) is 0 Å². The third kappa shape index (κ3) is 1.48. The number of rotatable bonds is 0. The van der Waals surface area contributed by atoms with E-state index in [9.17, 15) is 9.90 Å². The lowest BCUT2D eigenvalue weighted by atomic mass is 9.83. The van der Waals surface area contributed by atoms with Gasteiger partial charge in [-0.2, -0.15) is 0 Å². The molecule has 0 bridgehead atoms. The highest BCUT2D eigenvalue weighted by Crippen LogP contribution is 2.44. The summed E-state index contributed by atoms with van der Waals surface area (Å²) in [4.78, 5) is 14.1. The Labute approximate surface area is 117 Å². The molecule has 0 aliphatic carbocycles. The lowest BCUT2D eigenvalue weighted by Gasteiger charge is -2.44. The number of ether oxygens (including phenoxy) is 1. The summed E-state index contributed by atoms with van der Waals surface area (Å²) in [6, 6.07) is 8.54. The largest absolute Gasteiger partial charge is 0.453 e. The van der Waals surface area contributed by atoms with E-state index in [-0.39, 0.29) is 18.1 Å². The minimum absolute atomic E-state index is 0.158.